The minimum Gasteiger partial charge on any atom is -0.501 e. The van der Waals surface area contributed by atoms with E-state index in [1.54, 1.807) is 20.0 Å². The van der Waals surface area contributed by atoms with Crippen molar-refractivity contribution in [2.75, 3.05) is 5.32 Å². The van der Waals surface area contributed by atoms with Crippen LogP contribution in [0.3, 0.4) is 0 Å². The highest BCUT2D eigenvalue weighted by molar-refractivity contribution is 6.31. The molecule has 0 spiro atoms. The number of halogens is 2. The first-order valence-electron chi connectivity index (χ1n) is 10.8. The van der Waals surface area contributed by atoms with Crippen molar-refractivity contribution >= 4 is 23.2 Å². The lowest BCUT2D eigenvalue weighted by atomic mass is 9.83. The molecule has 0 fully saturated rings. The molecule has 186 valence electrons. The van der Waals surface area contributed by atoms with Gasteiger partial charge in [0.15, 0.2) is 5.69 Å². The van der Waals surface area contributed by atoms with Crippen LogP contribution < -0.4 is 10.9 Å². The first-order valence-corrected chi connectivity index (χ1v) is 11.2. The molecule has 0 unspecified atom stereocenters. The summed E-state index contributed by atoms with van der Waals surface area (Å²) in [4.78, 5) is 39.1. The molecular weight excluding hydrogens is 491 g/mol. The third-order valence-corrected chi connectivity index (χ3v) is 6.28. The van der Waals surface area contributed by atoms with Gasteiger partial charge >= 0.3 is 0 Å². The Hall–Kier alpha value is -4.12. The van der Waals surface area contributed by atoms with E-state index in [9.17, 15) is 19.1 Å². The number of nitrogens with one attached hydrogen (secondary N) is 1. The van der Waals surface area contributed by atoms with Crippen LogP contribution >= 0.6 is 11.6 Å². The van der Waals surface area contributed by atoms with E-state index in [0.717, 1.165) is 10.3 Å². The van der Waals surface area contributed by atoms with Gasteiger partial charge in [0.1, 0.15) is 23.6 Å². The van der Waals surface area contributed by atoms with E-state index in [2.05, 4.69) is 29.9 Å². The van der Waals surface area contributed by atoms with Gasteiger partial charge in [0.2, 0.25) is 5.75 Å². The lowest BCUT2D eigenvalue weighted by Gasteiger charge is -2.26. The summed E-state index contributed by atoms with van der Waals surface area (Å²) in [5.74, 6) is -3.40. The summed E-state index contributed by atoms with van der Waals surface area (Å²) in [5.41, 5.74) is 1.15. The Balaban J connectivity index is 1.88. The van der Waals surface area contributed by atoms with Crippen molar-refractivity contribution in [2.24, 2.45) is 7.05 Å². The van der Waals surface area contributed by atoms with Crippen molar-refractivity contribution in [1.29, 1.82) is 0 Å². The topological polar surface area (TPSA) is 136 Å². The minimum absolute atomic E-state index is 0.138. The third-order valence-electron chi connectivity index (χ3n) is 5.94. The fourth-order valence-electron chi connectivity index (χ4n) is 3.93. The van der Waals surface area contributed by atoms with Crippen LogP contribution in [-0.2, 0) is 7.05 Å². The molecular formula is C24H22ClFN6O4. The predicted octanol–water partition coefficient (Wildman–Crippen LogP) is 3.86. The molecule has 2 N–H and O–H groups in total. The number of rotatable bonds is 6. The number of amides is 1. The van der Waals surface area contributed by atoms with Crippen LogP contribution in [0.15, 0.2) is 46.2 Å². The molecule has 4 rings (SSSR count). The van der Waals surface area contributed by atoms with Crippen molar-refractivity contribution in [3.63, 3.8) is 0 Å². The van der Waals surface area contributed by atoms with Crippen LogP contribution in [0.2, 0.25) is 5.02 Å². The largest absolute Gasteiger partial charge is 0.501 e. The molecule has 0 aliphatic rings. The fourth-order valence-corrected chi connectivity index (χ4v) is 4.16. The van der Waals surface area contributed by atoms with Crippen molar-refractivity contribution in [3.05, 3.63) is 92.2 Å². The number of anilines is 1. The van der Waals surface area contributed by atoms with Gasteiger partial charge in [-0.15, -0.1) is 0 Å². The minimum atomic E-state index is -0.840. The second-order valence-electron chi connectivity index (χ2n) is 8.30. The molecule has 3 aromatic heterocycles. The standard InChI is InChI=1S/C24H22ClFN6O4/c1-11(19(16-7-14(26)5-6-17(16)25)18-9-27-12(2)13(3)29-18)22-31-20(21(33)24(35)32(22)4)23(34)30-15-8-28-36-10-15/h5-11,19,33H,1-4H3,(H,30,34)/t11-,19+/m0/s1. The van der Waals surface area contributed by atoms with Gasteiger partial charge in [-0.3, -0.25) is 24.1 Å². The number of aromatic hydroxyl groups is 1. The quantitative estimate of drug-likeness (QED) is 0.397. The number of benzene rings is 1. The van der Waals surface area contributed by atoms with E-state index in [4.69, 9.17) is 11.6 Å². The van der Waals surface area contributed by atoms with Gasteiger partial charge in [0.25, 0.3) is 11.5 Å². The summed E-state index contributed by atoms with van der Waals surface area (Å²) < 4.78 is 20.1. The number of carbonyl (C=O) groups is 1. The molecule has 36 heavy (non-hydrogen) atoms. The Bertz CT molecular complexity index is 1510. The molecule has 3 heterocycles. The summed E-state index contributed by atoms with van der Waals surface area (Å²) >= 11 is 6.48. The number of hydrogen-bond acceptors (Lipinski definition) is 8. The monoisotopic (exact) mass is 512 g/mol. The second-order valence-corrected chi connectivity index (χ2v) is 8.70. The third kappa shape index (κ3) is 4.69. The molecule has 10 nitrogen and oxygen atoms in total. The van der Waals surface area contributed by atoms with Crippen LogP contribution in [0.25, 0.3) is 0 Å². The Kier molecular flexibility index (Phi) is 6.84. The van der Waals surface area contributed by atoms with E-state index in [0.29, 0.717) is 17.0 Å². The number of aromatic nitrogens is 5. The fraction of sp³-hybridized carbons (Fsp3) is 0.250. The summed E-state index contributed by atoms with van der Waals surface area (Å²) in [7, 11) is 1.42. The summed E-state index contributed by atoms with van der Waals surface area (Å²) in [6.07, 6.45) is 3.99. The summed E-state index contributed by atoms with van der Waals surface area (Å²) in [6, 6.07) is 3.96. The van der Waals surface area contributed by atoms with E-state index in [-0.39, 0.29) is 16.5 Å². The molecule has 0 saturated carbocycles. The zero-order valence-electron chi connectivity index (χ0n) is 19.8. The second kappa shape index (κ2) is 9.86. The Labute approximate surface area is 209 Å². The van der Waals surface area contributed by atoms with Gasteiger partial charge in [-0.2, -0.15) is 0 Å². The first-order chi connectivity index (χ1) is 17.1. The van der Waals surface area contributed by atoms with Gasteiger partial charge < -0.3 is 14.9 Å². The maximum Gasteiger partial charge on any atom is 0.296 e. The Morgan fingerprint density at radius 1 is 1.22 bits per heavy atom. The zero-order valence-corrected chi connectivity index (χ0v) is 20.5. The molecule has 0 aliphatic carbocycles. The van der Waals surface area contributed by atoms with Crippen LogP contribution in [0.1, 0.15) is 57.7 Å². The summed E-state index contributed by atoms with van der Waals surface area (Å²) in [5, 5.41) is 16.6. The lowest BCUT2D eigenvalue weighted by Crippen LogP contribution is -2.29. The molecule has 2 atom stereocenters. The average molecular weight is 513 g/mol. The smallest absolute Gasteiger partial charge is 0.296 e. The van der Waals surface area contributed by atoms with Crippen molar-refractivity contribution < 1.29 is 18.8 Å². The maximum absolute atomic E-state index is 14.3. The highest BCUT2D eigenvalue weighted by atomic mass is 35.5. The highest BCUT2D eigenvalue weighted by Gasteiger charge is 2.32. The number of nitrogens with zero attached hydrogens (tertiary/aromatic N) is 5. The maximum atomic E-state index is 14.3. The van der Waals surface area contributed by atoms with Gasteiger partial charge in [-0.25, -0.2) is 9.37 Å². The highest BCUT2D eigenvalue weighted by Crippen LogP contribution is 2.40. The first kappa shape index (κ1) is 25.0. The van der Waals surface area contributed by atoms with E-state index < -0.39 is 40.6 Å². The normalized spacial score (nSPS) is 12.8. The SMILES string of the molecule is Cc1ncc([C@@H](c2cc(F)ccc2Cl)[C@H](C)c2nc(C(=O)Nc3cnoc3)c(O)c(=O)n2C)nc1C. The average Bonchev–Trinajstić information content (AvgIpc) is 3.35. The lowest BCUT2D eigenvalue weighted by molar-refractivity contribution is 0.101. The van der Waals surface area contributed by atoms with Crippen LogP contribution in [0.5, 0.6) is 5.75 Å². The van der Waals surface area contributed by atoms with Crippen LogP contribution in [0.4, 0.5) is 10.1 Å². The van der Waals surface area contributed by atoms with Gasteiger partial charge in [0.05, 0.1) is 23.3 Å². The molecule has 0 radical (unpaired) electrons. The van der Waals surface area contributed by atoms with Crippen LogP contribution in [-0.4, -0.2) is 35.7 Å². The molecule has 12 heteroatoms. The van der Waals surface area contributed by atoms with Crippen molar-refractivity contribution in [2.45, 2.75) is 32.6 Å². The van der Waals surface area contributed by atoms with Crippen LogP contribution in [0, 0.1) is 19.7 Å². The molecule has 1 aromatic carbocycles. The molecule has 1 amide bonds. The van der Waals surface area contributed by atoms with Gasteiger partial charge in [0, 0.05) is 30.1 Å². The number of hydrogen-bond donors (Lipinski definition) is 2. The Morgan fingerprint density at radius 2 is 1.97 bits per heavy atom. The Morgan fingerprint density at radius 3 is 2.64 bits per heavy atom. The summed E-state index contributed by atoms with van der Waals surface area (Å²) in [6.45, 7) is 5.34. The van der Waals surface area contributed by atoms with Crippen molar-refractivity contribution in [3.8, 4) is 5.75 Å². The predicted molar refractivity (Wildman–Crippen MR) is 129 cm³/mol. The molecule has 4 aromatic rings. The molecule has 0 saturated heterocycles. The van der Waals surface area contributed by atoms with E-state index >= 15 is 0 Å². The number of carbonyl (C=O) groups excluding carboxylic acids is 1. The number of aryl methyl sites for hydroxylation is 2. The van der Waals surface area contributed by atoms with E-state index in [1.807, 2.05) is 6.92 Å². The van der Waals surface area contributed by atoms with E-state index in [1.165, 1.54) is 37.7 Å². The zero-order chi connectivity index (χ0) is 26.1. The molecule has 0 aliphatic heterocycles. The van der Waals surface area contributed by atoms with Gasteiger partial charge in [-0.05, 0) is 37.6 Å². The van der Waals surface area contributed by atoms with Gasteiger partial charge in [-0.1, -0.05) is 23.7 Å². The van der Waals surface area contributed by atoms with Crippen molar-refractivity contribution in [1.82, 2.24) is 24.7 Å². The molecule has 0 bridgehead atoms.